The Labute approximate surface area is 85.8 Å². The van der Waals surface area contributed by atoms with E-state index in [4.69, 9.17) is 0 Å². The van der Waals surface area contributed by atoms with E-state index < -0.39 is 0 Å². The molecule has 0 aromatic carbocycles. The van der Waals surface area contributed by atoms with Crippen molar-refractivity contribution >= 4 is 11.9 Å². The van der Waals surface area contributed by atoms with E-state index in [1.54, 1.807) is 17.5 Å². The maximum Gasteiger partial charge on any atom is 0.0214 e. The number of rotatable bonds is 4. The van der Waals surface area contributed by atoms with E-state index in [1.807, 2.05) is 0 Å². The van der Waals surface area contributed by atoms with Crippen LogP contribution in [0.1, 0.15) is 40.0 Å². The Morgan fingerprint density at radius 1 is 1.38 bits per heavy atom. The predicted molar refractivity (Wildman–Crippen MR) is 61.6 cm³/mol. The van der Waals surface area contributed by atoms with Crippen LogP contribution in [0.25, 0.3) is 0 Å². The molecule has 0 aromatic heterocycles. The fraction of sp³-hybridized carbons (Fsp3) is 0.636. The molecule has 0 aromatic rings. The Morgan fingerprint density at radius 2 is 2.15 bits per heavy atom. The Balaban J connectivity index is 2.36. The first-order valence-electron chi connectivity index (χ1n) is 5.02. The lowest BCUT2D eigenvalue weighted by Crippen LogP contribution is -2.09. The summed E-state index contributed by atoms with van der Waals surface area (Å²) in [5.74, 6) is 0. The molecular formula is C11H19NS. The molecule has 1 aliphatic rings. The molecule has 0 atom stereocenters. The van der Waals surface area contributed by atoms with Gasteiger partial charge in [-0.05, 0) is 25.3 Å². The third kappa shape index (κ3) is 3.90. The lowest BCUT2D eigenvalue weighted by Gasteiger charge is -2.15. The molecule has 0 saturated heterocycles. The minimum atomic E-state index is 0.650. The van der Waals surface area contributed by atoms with Crippen molar-refractivity contribution in [2.75, 3.05) is 0 Å². The van der Waals surface area contributed by atoms with Crippen molar-refractivity contribution in [3.63, 3.8) is 0 Å². The first-order valence-corrected chi connectivity index (χ1v) is 5.90. The summed E-state index contributed by atoms with van der Waals surface area (Å²) in [5.41, 5.74) is 2.94. The van der Waals surface area contributed by atoms with Crippen LogP contribution in [0, 0.1) is 0 Å². The summed E-state index contributed by atoms with van der Waals surface area (Å²) in [6.45, 7) is 6.63. The van der Waals surface area contributed by atoms with E-state index >= 15 is 0 Å². The Hall–Kier alpha value is -0.370. The van der Waals surface area contributed by atoms with Crippen LogP contribution in [-0.4, -0.2) is 5.25 Å². The van der Waals surface area contributed by atoms with Gasteiger partial charge in [-0.15, -0.1) is 0 Å². The third-order valence-corrected chi connectivity index (χ3v) is 2.97. The second-order valence-corrected chi connectivity index (χ2v) is 5.02. The summed E-state index contributed by atoms with van der Waals surface area (Å²) >= 11 is 1.80. The van der Waals surface area contributed by atoms with Crippen LogP contribution in [0.2, 0.25) is 0 Å². The highest BCUT2D eigenvalue weighted by molar-refractivity contribution is 7.98. The molecule has 0 fully saturated rings. The molecular weight excluding hydrogens is 178 g/mol. The first-order chi connectivity index (χ1) is 6.22. The maximum atomic E-state index is 3.40. The van der Waals surface area contributed by atoms with E-state index in [9.17, 15) is 0 Å². The van der Waals surface area contributed by atoms with Gasteiger partial charge in [0.15, 0.2) is 0 Å². The molecule has 0 spiro atoms. The molecule has 1 N–H and O–H groups in total. The van der Waals surface area contributed by atoms with Gasteiger partial charge in [0.2, 0.25) is 0 Å². The van der Waals surface area contributed by atoms with Crippen molar-refractivity contribution in [3.8, 4) is 0 Å². The molecule has 0 saturated carbocycles. The second kappa shape index (κ2) is 5.38. The molecule has 0 aliphatic heterocycles. The van der Waals surface area contributed by atoms with E-state index in [2.05, 4.69) is 37.6 Å². The summed E-state index contributed by atoms with van der Waals surface area (Å²) in [6, 6.07) is 0. The Bertz CT molecular complexity index is 216. The molecule has 0 bridgehead atoms. The number of allylic oxidation sites excluding steroid dienone is 4. The molecule has 74 valence electrons. The SMILES string of the molecule is CCC1=CC=C(NSC(C)C)CC1. The molecule has 0 unspecified atom stereocenters. The lowest BCUT2D eigenvalue weighted by molar-refractivity contribution is 0.831. The van der Waals surface area contributed by atoms with Crippen molar-refractivity contribution in [2.45, 2.75) is 45.3 Å². The zero-order chi connectivity index (χ0) is 9.68. The molecule has 13 heavy (non-hydrogen) atoms. The van der Waals surface area contributed by atoms with Crippen LogP contribution < -0.4 is 4.72 Å². The molecule has 2 heteroatoms. The summed E-state index contributed by atoms with van der Waals surface area (Å²) in [6.07, 6.45) is 8.08. The molecule has 0 heterocycles. The summed E-state index contributed by atoms with van der Waals surface area (Å²) in [4.78, 5) is 0. The van der Waals surface area contributed by atoms with Crippen LogP contribution >= 0.6 is 11.9 Å². The largest absolute Gasteiger partial charge is 0.333 e. The van der Waals surface area contributed by atoms with Gasteiger partial charge in [0, 0.05) is 10.9 Å². The van der Waals surface area contributed by atoms with Gasteiger partial charge in [-0.1, -0.05) is 44.4 Å². The molecule has 0 amide bonds. The number of hydrogen-bond acceptors (Lipinski definition) is 2. The predicted octanol–water partition coefficient (Wildman–Crippen LogP) is 3.65. The van der Waals surface area contributed by atoms with E-state index in [1.165, 1.54) is 25.0 Å². The maximum absolute atomic E-state index is 3.40. The Morgan fingerprint density at radius 3 is 2.62 bits per heavy atom. The average Bonchev–Trinajstić information content (AvgIpc) is 2.15. The summed E-state index contributed by atoms with van der Waals surface area (Å²) in [5, 5.41) is 0.650. The minimum Gasteiger partial charge on any atom is -0.333 e. The highest BCUT2D eigenvalue weighted by Crippen LogP contribution is 2.20. The standard InChI is InChI=1S/C11H19NS/c1-4-10-5-7-11(8-6-10)12-13-9(2)3/h5,7,9,12H,4,6,8H2,1-3H3. The van der Waals surface area contributed by atoms with Gasteiger partial charge in [0.1, 0.15) is 0 Å². The van der Waals surface area contributed by atoms with Crippen molar-refractivity contribution in [1.82, 2.24) is 4.72 Å². The quantitative estimate of drug-likeness (QED) is 0.690. The van der Waals surface area contributed by atoms with Gasteiger partial charge in [-0.3, -0.25) is 0 Å². The first kappa shape index (κ1) is 10.7. The van der Waals surface area contributed by atoms with Crippen LogP contribution in [0.3, 0.4) is 0 Å². The third-order valence-electron chi connectivity index (χ3n) is 2.12. The van der Waals surface area contributed by atoms with Gasteiger partial charge < -0.3 is 4.72 Å². The van der Waals surface area contributed by atoms with Crippen LogP contribution in [0.4, 0.5) is 0 Å². The fourth-order valence-electron chi connectivity index (χ4n) is 1.25. The highest BCUT2D eigenvalue weighted by atomic mass is 32.2. The van der Waals surface area contributed by atoms with Gasteiger partial charge in [-0.2, -0.15) is 0 Å². The van der Waals surface area contributed by atoms with Gasteiger partial charge in [-0.25, -0.2) is 0 Å². The number of hydrogen-bond donors (Lipinski definition) is 1. The normalized spacial score (nSPS) is 16.9. The van der Waals surface area contributed by atoms with Crippen molar-refractivity contribution in [2.24, 2.45) is 0 Å². The lowest BCUT2D eigenvalue weighted by atomic mass is 10.0. The number of nitrogens with one attached hydrogen (secondary N) is 1. The van der Waals surface area contributed by atoms with Crippen molar-refractivity contribution < 1.29 is 0 Å². The van der Waals surface area contributed by atoms with Gasteiger partial charge >= 0.3 is 0 Å². The Kier molecular flexibility index (Phi) is 4.43. The summed E-state index contributed by atoms with van der Waals surface area (Å²) in [7, 11) is 0. The van der Waals surface area contributed by atoms with Gasteiger partial charge in [0.05, 0.1) is 0 Å². The zero-order valence-corrected chi connectivity index (χ0v) is 9.58. The highest BCUT2D eigenvalue weighted by Gasteiger charge is 2.04. The smallest absolute Gasteiger partial charge is 0.0214 e. The second-order valence-electron chi connectivity index (χ2n) is 3.64. The summed E-state index contributed by atoms with van der Waals surface area (Å²) < 4.78 is 3.40. The van der Waals surface area contributed by atoms with Crippen LogP contribution in [0.15, 0.2) is 23.4 Å². The van der Waals surface area contributed by atoms with E-state index in [0.717, 1.165) is 0 Å². The zero-order valence-electron chi connectivity index (χ0n) is 8.76. The fourth-order valence-corrected chi connectivity index (χ4v) is 1.81. The van der Waals surface area contributed by atoms with Crippen molar-refractivity contribution in [3.05, 3.63) is 23.4 Å². The minimum absolute atomic E-state index is 0.650. The van der Waals surface area contributed by atoms with E-state index in [0.29, 0.717) is 5.25 Å². The molecule has 1 aliphatic carbocycles. The average molecular weight is 197 g/mol. The topological polar surface area (TPSA) is 12.0 Å². The van der Waals surface area contributed by atoms with Crippen LogP contribution in [0.5, 0.6) is 0 Å². The molecule has 1 rings (SSSR count). The van der Waals surface area contributed by atoms with E-state index in [-0.39, 0.29) is 0 Å². The van der Waals surface area contributed by atoms with Gasteiger partial charge in [0.25, 0.3) is 0 Å². The monoisotopic (exact) mass is 197 g/mol. The van der Waals surface area contributed by atoms with Crippen molar-refractivity contribution in [1.29, 1.82) is 0 Å². The molecule has 0 radical (unpaired) electrons. The van der Waals surface area contributed by atoms with Crippen LogP contribution in [-0.2, 0) is 0 Å². The molecule has 1 nitrogen and oxygen atoms in total.